The number of hydrogen-bond donors (Lipinski definition) is 0. The summed E-state index contributed by atoms with van der Waals surface area (Å²) in [7, 11) is 0. The third-order valence-corrected chi connectivity index (χ3v) is 9.84. The first-order valence-electron chi connectivity index (χ1n) is 19.2. The Morgan fingerprint density at radius 3 is 1.15 bits per heavy atom. The van der Waals surface area contributed by atoms with Gasteiger partial charge in [0.25, 0.3) is 0 Å². The Hall–Kier alpha value is -3.76. The highest BCUT2D eigenvalue weighted by Gasteiger charge is 2.19. The second kappa shape index (κ2) is 31.1. The van der Waals surface area contributed by atoms with Gasteiger partial charge in [-0.2, -0.15) is 0 Å². The zero-order valence-corrected chi connectivity index (χ0v) is 38.8. The molecule has 336 valence electrons. The van der Waals surface area contributed by atoms with Gasteiger partial charge < -0.3 is 24.7 Å². The normalized spacial score (nSPS) is 13.4. The summed E-state index contributed by atoms with van der Waals surface area (Å²) < 4.78 is 11.8. The molecule has 2 aliphatic heterocycles. The van der Waals surface area contributed by atoms with Crippen LogP contribution >= 0.6 is 74.4 Å². The molecule has 0 spiro atoms. The van der Waals surface area contributed by atoms with Gasteiger partial charge in [-0.3, -0.25) is 19.8 Å². The van der Waals surface area contributed by atoms with Crippen molar-refractivity contribution in [3.05, 3.63) is 110 Å². The van der Waals surface area contributed by atoms with Gasteiger partial charge in [0.05, 0.1) is 24.2 Å². The van der Waals surface area contributed by atoms with Crippen LogP contribution in [-0.2, 0) is 0 Å². The van der Waals surface area contributed by atoms with Crippen LogP contribution in [0.4, 0.5) is 11.9 Å². The van der Waals surface area contributed by atoms with Crippen molar-refractivity contribution < 1.29 is 14.9 Å². The van der Waals surface area contributed by atoms with Gasteiger partial charge in [0.15, 0.2) is 0 Å². The molecule has 13 nitrogen and oxygen atoms in total. The number of piperazine rings is 2. The molecule has 0 amide bonds. The largest absolute Gasteiger partial charge is 0.494 e. The van der Waals surface area contributed by atoms with E-state index in [2.05, 4.69) is 73.8 Å². The van der Waals surface area contributed by atoms with Crippen LogP contribution < -0.4 is 19.3 Å². The topological polar surface area (TPSA) is 140 Å². The van der Waals surface area contributed by atoms with Gasteiger partial charge in [-0.25, -0.2) is 19.9 Å². The van der Waals surface area contributed by atoms with Gasteiger partial charge in [0.1, 0.15) is 11.5 Å². The van der Waals surface area contributed by atoms with E-state index in [0.29, 0.717) is 0 Å². The van der Waals surface area contributed by atoms with Crippen molar-refractivity contribution in [2.45, 2.75) is 25.7 Å². The molecule has 0 bridgehead atoms. The molecule has 4 aromatic heterocycles. The van der Waals surface area contributed by atoms with Crippen molar-refractivity contribution in [2.24, 2.45) is 0 Å². The van der Waals surface area contributed by atoms with E-state index >= 15 is 0 Å². The van der Waals surface area contributed by atoms with E-state index in [4.69, 9.17) is 9.47 Å². The van der Waals surface area contributed by atoms with Gasteiger partial charge in [-0.05, 0) is 99.4 Å². The predicted molar refractivity (Wildman–Crippen MR) is 261 cm³/mol. The molecule has 8 rings (SSSR count). The van der Waals surface area contributed by atoms with Gasteiger partial charge in [0.2, 0.25) is 11.9 Å². The predicted octanol–water partition coefficient (Wildman–Crippen LogP) is 7.72. The highest BCUT2D eigenvalue weighted by atomic mass is 35.5. The molecule has 2 aliphatic rings. The van der Waals surface area contributed by atoms with Gasteiger partial charge in [0, 0.05) is 100 Å². The second-order valence-electron chi connectivity index (χ2n) is 13.6. The fourth-order valence-electron chi connectivity index (χ4n) is 6.79. The minimum absolute atomic E-state index is 0. The van der Waals surface area contributed by atoms with E-state index in [1.165, 1.54) is 0 Å². The number of ether oxygens (including phenoxy) is 2. The fraction of sp³-hybridized carbons (Fsp3) is 0.381. The summed E-state index contributed by atoms with van der Waals surface area (Å²) >= 11 is 0. The summed E-state index contributed by atoms with van der Waals surface area (Å²) in [5.41, 5.74) is 2.01. The number of unbranched alkanes of at least 4 members (excludes halogenated alkanes) is 2. The smallest absolute Gasteiger partial charge is 0.225 e. The van der Waals surface area contributed by atoms with Crippen LogP contribution in [0.15, 0.2) is 110 Å². The summed E-state index contributed by atoms with van der Waals surface area (Å²) in [6, 6.07) is 23.9. The SMILES string of the molecule is Cl.Cl.Cl.Cl.Cl.Cl.O.c1cnc(N2CCN(CCCCOc3ccc4ncccc4c3)CC2)nc1.c1cnc(N2CCN(CCCCOc3ccc4ncccc4c3)CC2)nc1. The van der Waals surface area contributed by atoms with Crippen LogP contribution in [0.1, 0.15) is 25.7 Å². The molecule has 0 atom stereocenters. The third-order valence-electron chi connectivity index (χ3n) is 9.84. The van der Waals surface area contributed by atoms with Crippen molar-refractivity contribution in [2.75, 3.05) is 88.5 Å². The van der Waals surface area contributed by atoms with Crippen molar-refractivity contribution in [1.29, 1.82) is 0 Å². The minimum atomic E-state index is 0. The molecular weight excluding hydrogens is 905 g/mol. The lowest BCUT2D eigenvalue weighted by atomic mass is 10.2. The van der Waals surface area contributed by atoms with Crippen molar-refractivity contribution in [1.82, 2.24) is 39.7 Å². The zero-order chi connectivity index (χ0) is 36.6. The molecule has 2 fully saturated rings. The Bertz CT molecular complexity index is 1880. The number of aromatic nitrogens is 6. The highest BCUT2D eigenvalue weighted by molar-refractivity contribution is 5.86. The zero-order valence-electron chi connectivity index (χ0n) is 33.9. The second-order valence-corrected chi connectivity index (χ2v) is 13.6. The first-order chi connectivity index (χ1) is 26.8. The quantitative estimate of drug-likeness (QED) is 0.0988. The summed E-state index contributed by atoms with van der Waals surface area (Å²) in [5, 5.41) is 2.24. The van der Waals surface area contributed by atoms with E-state index in [9.17, 15) is 0 Å². The fourth-order valence-corrected chi connectivity index (χ4v) is 6.79. The molecular formula is C42H58Cl6N10O3. The average Bonchev–Trinajstić information content (AvgIpc) is 3.24. The van der Waals surface area contributed by atoms with E-state index < -0.39 is 0 Å². The molecule has 2 saturated heterocycles. The summed E-state index contributed by atoms with van der Waals surface area (Å²) in [4.78, 5) is 35.6. The number of anilines is 2. The first-order valence-corrected chi connectivity index (χ1v) is 19.2. The Morgan fingerprint density at radius 1 is 0.410 bits per heavy atom. The number of benzene rings is 2. The van der Waals surface area contributed by atoms with Crippen LogP contribution in [0, 0.1) is 0 Å². The molecule has 6 aromatic rings. The maximum Gasteiger partial charge on any atom is 0.225 e. The first kappa shape index (κ1) is 57.2. The Kier molecular flexibility index (Phi) is 29.2. The van der Waals surface area contributed by atoms with Crippen LogP contribution in [0.25, 0.3) is 21.8 Å². The number of fused-ring (bicyclic) bond motifs is 2. The van der Waals surface area contributed by atoms with E-state index in [1.807, 2.05) is 60.9 Å². The molecule has 19 heteroatoms. The maximum atomic E-state index is 5.91. The molecule has 2 N–H and O–H groups in total. The number of halogens is 6. The Balaban J connectivity index is 0.00000106. The van der Waals surface area contributed by atoms with Crippen LogP contribution in [0.5, 0.6) is 11.5 Å². The molecule has 0 radical (unpaired) electrons. The van der Waals surface area contributed by atoms with Crippen LogP contribution in [0.2, 0.25) is 0 Å². The lowest BCUT2D eigenvalue weighted by molar-refractivity contribution is 0.238. The van der Waals surface area contributed by atoms with Gasteiger partial charge in [-0.15, -0.1) is 74.4 Å². The van der Waals surface area contributed by atoms with Crippen LogP contribution in [0.3, 0.4) is 0 Å². The van der Waals surface area contributed by atoms with Gasteiger partial charge >= 0.3 is 0 Å². The molecule has 0 saturated carbocycles. The Morgan fingerprint density at radius 2 is 0.770 bits per heavy atom. The average molecular weight is 964 g/mol. The summed E-state index contributed by atoms with van der Waals surface area (Å²) in [6.45, 7) is 12.0. The highest BCUT2D eigenvalue weighted by Crippen LogP contribution is 2.21. The molecule has 0 unspecified atom stereocenters. The molecule has 61 heavy (non-hydrogen) atoms. The van der Waals surface area contributed by atoms with Crippen molar-refractivity contribution in [3.63, 3.8) is 0 Å². The number of nitrogens with zero attached hydrogens (tertiary/aromatic N) is 10. The Labute approximate surface area is 396 Å². The molecule has 6 heterocycles. The van der Waals surface area contributed by atoms with Crippen LogP contribution in [-0.4, -0.2) is 124 Å². The number of rotatable bonds is 14. The third kappa shape index (κ3) is 17.9. The summed E-state index contributed by atoms with van der Waals surface area (Å²) in [6.07, 6.45) is 15.3. The minimum Gasteiger partial charge on any atom is -0.494 e. The lowest BCUT2D eigenvalue weighted by Crippen LogP contribution is -2.47. The van der Waals surface area contributed by atoms with E-state index in [0.717, 1.165) is 150 Å². The lowest BCUT2D eigenvalue weighted by Gasteiger charge is -2.34. The van der Waals surface area contributed by atoms with E-state index in [1.54, 1.807) is 24.8 Å². The van der Waals surface area contributed by atoms with Crippen molar-refractivity contribution in [3.8, 4) is 11.5 Å². The monoisotopic (exact) mass is 960 g/mol. The number of pyridine rings is 2. The summed E-state index contributed by atoms with van der Waals surface area (Å²) in [5.74, 6) is 3.53. The van der Waals surface area contributed by atoms with E-state index in [-0.39, 0.29) is 79.9 Å². The molecule has 2 aromatic carbocycles. The standard InChI is InChI=1S/2C21H25N5O.6ClH.H2O/c2*1(2-16-27-19-6-7-20-18(17-19)5-3-8-22-20)11-25-12-14-26(15-13-25)21-23-9-4-10-24-21;;;;;;;/h2*3-10,17H,1-2,11-16H2;6*1H;1H2. The maximum absolute atomic E-state index is 5.91. The molecule has 0 aliphatic carbocycles. The van der Waals surface area contributed by atoms with Gasteiger partial charge in [-0.1, -0.05) is 12.1 Å². The van der Waals surface area contributed by atoms with Crippen molar-refractivity contribution >= 4 is 108 Å². The number of hydrogen-bond acceptors (Lipinski definition) is 12.